The van der Waals surface area contributed by atoms with Crippen molar-refractivity contribution in [2.24, 2.45) is 0 Å². The first kappa shape index (κ1) is 11.7. The van der Waals surface area contributed by atoms with Gasteiger partial charge in [0.05, 0.1) is 21.3 Å². The fraction of sp³-hybridized carbons (Fsp3) is 0. The Labute approximate surface area is 116 Å². The van der Waals surface area contributed by atoms with Crippen LogP contribution < -0.4 is 5.63 Å². The lowest BCUT2D eigenvalue weighted by molar-refractivity contribution is -0.384. The Kier molecular flexibility index (Phi) is 2.18. The van der Waals surface area contributed by atoms with Crippen LogP contribution in [0.25, 0.3) is 32.8 Å². The number of aromatic amines is 1. The van der Waals surface area contributed by atoms with E-state index in [0.29, 0.717) is 27.4 Å². The summed E-state index contributed by atoms with van der Waals surface area (Å²) in [5.41, 5.74) is 1.18. The average Bonchev–Trinajstić information content (AvgIpc) is 2.86. The molecule has 0 unspecified atom stereocenters. The fourth-order valence-corrected chi connectivity index (χ4v) is 2.63. The maximum absolute atomic E-state index is 12.2. The van der Waals surface area contributed by atoms with Crippen molar-refractivity contribution in [1.82, 2.24) is 4.98 Å². The Bertz CT molecular complexity index is 1090. The summed E-state index contributed by atoms with van der Waals surface area (Å²) < 4.78 is 5.31. The maximum atomic E-state index is 12.2. The first-order valence-electron chi connectivity index (χ1n) is 6.27. The summed E-state index contributed by atoms with van der Waals surface area (Å²) in [7, 11) is 0. The molecule has 21 heavy (non-hydrogen) atoms. The molecule has 0 saturated carbocycles. The van der Waals surface area contributed by atoms with Gasteiger partial charge in [-0.3, -0.25) is 10.1 Å². The van der Waals surface area contributed by atoms with Crippen molar-refractivity contribution in [3.05, 3.63) is 63.0 Å². The maximum Gasteiger partial charge on any atom is 0.346 e. The highest BCUT2D eigenvalue weighted by atomic mass is 16.6. The van der Waals surface area contributed by atoms with E-state index in [1.165, 1.54) is 12.1 Å². The number of nitro groups is 1. The summed E-state index contributed by atoms with van der Waals surface area (Å²) in [5, 5.41) is 12.7. The van der Waals surface area contributed by atoms with Crippen molar-refractivity contribution in [3.8, 4) is 0 Å². The van der Waals surface area contributed by atoms with E-state index in [0.717, 1.165) is 5.39 Å². The van der Waals surface area contributed by atoms with Crippen molar-refractivity contribution < 1.29 is 9.34 Å². The standard InChI is InChI=1S/C15H8N2O4/c18-15-13-9-6-5-8(17(19)20)7-11(9)16-14(13)10-3-1-2-4-12(10)21-15/h1-7,16H. The summed E-state index contributed by atoms with van der Waals surface area (Å²) in [6.45, 7) is 0. The van der Waals surface area contributed by atoms with Crippen molar-refractivity contribution in [2.45, 2.75) is 0 Å². The number of nitrogens with zero attached hydrogens (tertiary/aromatic N) is 1. The van der Waals surface area contributed by atoms with Crippen LogP contribution in [0.5, 0.6) is 0 Å². The molecule has 4 rings (SSSR count). The molecule has 0 aliphatic rings. The molecular weight excluding hydrogens is 272 g/mol. The minimum absolute atomic E-state index is 0.0252. The number of para-hydroxylation sites is 1. The van der Waals surface area contributed by atoms with Gasteiger partial charge in [-0.25, -0.2) is 4.79 Å². The number of non-ortho nitro benzene ring substituents is 1. The molecule has 0 spiro atoms. The third-order valence-corrected chi connectivity index (χ3v) is 3.56. The van der Waals surface area contributed by atoms with Crippen LogP contribution in [-0.4, -0.2) is 9.91 Å². The van der Waals surface area contributed by atoms with Crippen LogP contribution in [0.2, 0.25) is 0 Å². The molecule has 4 aromatic rings. The summed E-state index contributed by atoms with van der Waals surface area (Å²) in [6.07, 6.45) is 0. The van der Waals surface area contributed by atoms with E-state index >= 15 is 0 Å². The minimum Gasteiger partial charge on any atom is -0.422 e. The minimum atomic E-state index is -0.467. The Hall–Kier alpha value is -3.15. The summed E-state index contributed by atoms with van der Waals surface area (Å²) in [4.78, 5) is 25.6. The van der Waals surface area contributed by atoms with Crippen LogP contribution in [0.1, 0.15) is 0 Å². The smallest absolute Gasteiger partial charge is 0.346 e. The normalized spacial score (nSPS) is 11.4. The number of rotatable bonds is 1. The molecule has 0 amide bonds. The van der Waals surface area contributed by atoms with Gasteiger partial charge >= 0.3 is 5.63 Å². The zero-order chi connectivity index (χ0) is 14.6. The van der Waals surface area contributed by atoms with Gasteiger partial charge in [0.25, 0.3) is 5.69 Å². The number of benzene rings is 2. The van der Waals surface area contributed by atoms with Crippen molar-refractivity contribution in [3.63, 3.8) is 0 Å². The SMILES string of the molecule is O=c1oc2ccccc2c2[nH]c3cc([N+](=O)[O-])ccc3c12. The van der Waals surface area contributed by atoms with Gasteiger partial charge in [0.15, 0.2) is 0 Å². The first-order chi connectivity index (χ1) is 10.1. The molecule has 2 heterocycles. The number of hydrogen-bond donors (Lipinski definition) is 1. The van der Waals surface area contributed by atoms with Crippen molar-refractivity contribution >= 4 is 38.5 Å². The molecule has 1 N–H and O–H groups in total. The Morgan fingerprint density at radius 3 is 2.71 bits per heavy atom. The molecule has 102 valence electrons. The monoisotopic (exact) mass is 280 g/mol. The van der Waals surface area contributed by atoms with Gasteiger partial charge in [0, 0.05) is 22.9 Å². The second-order valence-electron chi connectivity index (χ2n) is 4.75. The van der Waals surface area contributed by atoms with Crippen LogP contribution in [0.3, 0.4) is 0 Å². The predicted octanol–water partition coefficient (Wildman–Crippen LogP) is 3.34. The first-order valence-corrected chi connectivity index (χ1v) is 6.27. The van der Waals surface area contributed by atoms with Crippen LogP contribution in [0.4, 0.5) is 5.69 Å². The third-order valence-electron chi connectivity index (χ3n) is 3.56. The number of H-pyrrole nitrogens is 1. The lowest BCUT2D eigenvalue weighted by Crippen LogP contribution is -1.98. The molecule has 0 bridgehead atoms. The van der Waals surface area contributed by atoms with Crippen LogP contribution in [0, 0.1) is 10.1 Å². The molecule has 0 radical (unpaired) electrons. The van der Waals surface area contributed by atoms with Gasteiger partial charge in [0.1, 0.15) is 5.58 Å². The Morgan fingerprint density at radius 1 is 1.10 bits per heavy atom. The fourth-order valence-electron chi connectivity index (χ4n) is 2.63. The zero-order valence-electron chi connectivity index (χ0n) is 10.6. The van der Waals surface area contributed by atoms with E-state index in [4.69, 9.17) is 4.42 Å². The topological polar surface area (TPSA) is 89.1 Å². The largest absolute Gasteiger partial charge is 0.422 e. The van der Waals surface area contributed by atoms with Crippen molar-refractivity contribution in [2.75, 3.05) is 0 Å². The second kappa shape index (κ2) is 3.92. The Balaban J connectivity index is 2.25. The molecule has 0 atom stereocenters. The van der Waals surface area contributed by atoms with E-state index in [2.05, 4.69) is 4.98 Å². The lowest BCUT2D eigenvalue weighted by atomic mass is 10.1. The molecule has 6 nitrogen and oxygen atoms in total. The highest BCUT2D eigenvalue weighted by Crippen LogP contribution is 2.30. The van der Waals surface area contributed by atoms with Gasteiger partial charge < -0.3 is 9.40 Å². The zero-order valence-corrected chi connectivity index (χ0v) is 10.6. The Morgan fingerprint density at radius 2 is 1.90 bits per heavy atom. The van der Waals surface area contributed by atoms with Gasteiger partial charge in [-0.1, -0.05) is 12.1 Å². The van der Waals surface area contributed by atoms with Crippen LogP contribution in [-0.2, 0) is 0 Å². The van der Waals surface area contributed by atoms with Crippen molar-refractivity contribution in [1.29, 1.82) is 0 Å². The number of fused-ring (bicyclic) bond motifs is 5. The quantitative estimate of drug-likeness (QED) is 0.329. The van der Waals surface area contributed by atoms with Crippen LogP contribution in [0.15, 0.2) is 51.7 Å². The van der Waals surface area contributed by atoms with E-state index in [-0.39, 0.29) is 5.69 Å². The summed E-state index contributed by atoms with van der Waals surface area (Å²) in [6, 6.07) is 11.5. The lowest BCUT2D eigenvalue weighted by Gasteiger charge is -1.97. The average molecular weight is 280 g/mol. The molecule has 2 aromatic carbocycles. The number of nitro benzene ring substituents is 1. The number of hydrogen-bond acceptors (Lipinski definition) is 4. The van der Waals surface area contributed by atoms with Crippen LogP contribution >= 0.6 is 0 Å². The second-order valence-corrected chi connectivity index (χ2v) is 4.75. The molecule has 6 heteroatoms. The highest BCUT2D eigenvalue weighted by Gasteiger charge is 2.15. The molecule has 0 saturated heterocycles. The van der Waals surface area contributed by atoms with E-state index in [1.54, 1.807) is 18.2 Å². The molecule has 2 aromatic heterocycles. The van der Waals surface area contributed by atoms with E-state index in [1.807, 2.05) is 12.1 Å². The highest BCUT2D eigenvalue weighted by molar-refractivity contribution is 6.15. The summed E-state index contributed by atoms with van der Waals surface area (Å²) >= 11 is 0. The molecule has 0 aliphatic carbocycles. The van der Waals surface area contributed by atoms with Gasteiger partial charge in [-0.2, -0.15) is 0 Å². The van der Waals surface area contributed by atoms with E-state index < -0.39 is 10.5 Å². The molecule has 0 aliphatic heterocycles. The van der Waals surface area contributed by atoms with E-state index in [9.17, 15) is 14.9 Å². The predicted molar refractivity (Wildman–Crippen MR) is 78.5 cm³/mol. The van der Waals surface area contributed by atoms with Gasteiger partial charge in [-0.05, 0) is 18.2 Å². The third kappa shape index (κ3) is 1.56. The molecular formula is C15H8N2O4. The van der Waals surface area contributed by atoms with Gasteiger partial charge in [0.2, 0.25) is 0 Å². The number of nitrogens with one attached hydrogen (secondary N) is 1. The van der Waals surface area contributed by atoms with Gasteiger partial charge in [-0.15, -0.1) is 0 Å². The molecule has 0 fully saturated rings. The summed E-state index contributed by atoms with van der Waals surface area (Å²) in [5.74, 6) is 0. The number of aromatic nitrogens is 1.